The SMILES string of the molecule is CCCCCCCCCCc1cccc(-c2nocc2C(F)(F)F)n1. The number of aryl methyl sites for hydroxylation is 1. The van der Waals surface area contributed by atoms with Gasteiger partial charge in [-0.1, -0.05) is 63.1 Å². The molecular formula is C19H25F3N2O. The Labute approximate surface area is 146 Å². The molecule has 6 heteroatoms. The van der Waals surface area contributed by atoms with Crippen molar-refractivity contribution < 1.29 is 17.7 Å². The fraction of sp³-hybridized carbons (Fsp3) is 0.579. The van der Waals surface area contributed by atoms with Crippen LogP contribution in [0, 0.1) is 0 Å². The highest BCUT2D eigenvalue weighted by molar-refractivity contribution is 5.58. The van der Waals surface area contributed by atoms with Crippen molar-refractivity contribution in [2.24, 2.45) is 0 Å². The van der Waals surface area contributed by atoms with Crippen LogP contribution in [0.1, 0.15) is 69.5 Å². The minimum Gasteiger partial charge on any atom is -0.363 e. The van der Waals surface area contributed by atoms with Crippen LogP contribution >= 0.6 is 0 Å². The van der Waals surface area contributed by atoms with E-state index in [9.17, 15) is 13.2 Å². The van der Waals surface area contributed by atoms with Crippen molar-refractivity contribution in [3.05, 3.63) is 35.7 Å². The molecule has 0 amide bonds. The van der Waals surface area contributed by atoms with E-state index in [1.165, 1.54) is 44.6 Å². The lowest BCUT2D eigenvalue weighted by Crippen LogP contribution is -2.06. The van der Waals surface area contributed by atoms with Crippen molar-refractivity contribution >= 4 is 0 Å². The molecule has 0 atom stereocenters. The zero-order chi connectivity index (χ0) is 18.1. The Bertz CT molecular complexity index is 638. The molecule has 0 aromatic carbocycles. The molecule has 138 valence electrons. The second-order valence-electron chi connectivity index (χ2n) is 6.31. The average Bonchev–Trinajstić information content (AvgIpc) is 3.08. The Kier molecular flexibility index (Phi) is 7.47. The normalized spacial score (nSPS) is 11.8. The lowest BCUT2D eigenvalue weighted by Gasteiger charge is -2.06. The molecule has 0 aliphatic rings. The van der Waals surface area contributed by atoms with Gasteiger partial charge in [-0.3, -0.25) is 4.98 Å². The van der Waals surface area contributed by atoms with Crippen molar-refractivity contribution in [3.63, 3.8) is 0 Å². The monoisotopic (exact) mass is 354 g/mol. The first-order chi connectivity index (χ1) is 12.0. The van der Waals surface area contributed by atoms with E-state index in [4.69, 9.17) is 0 Å². The van der Waals surface area contributed by atoms with Crippen LogP contribution in [0.5, 0.6) is 0 Å². The molecule has 0 bridgehead atoms. The quantitative estimate of drug-likeness (QED) is 0.461. The lowest BCUT2D eigenvalue weighted by atomic mass is 10.1. The molecule has 0 aliphatic carbocycles. The van der Waals surface area contributed by atoms with Gasteiger partial charge in [0.1, 0.15) is 17.5 Å². The molecule has 0 saturated carbocycles. The lowest BCUT2D eigenvalue weighted by molar-refractivity contribution is -0.137. The first kappa shape index (κ1) is 19.5. The summed E-state index contributed by atoms with van der Waals surface area (Å²) >= 11 is 0. The van der Waals surface area contributed by atoms with Crippen molar-refractivity contribution in [1.29, 1.82) is 0 Å². The molecule has 0 saturated heterocycles. The van der Waals surface area contributed by atoms with Gasteiger partial charge in [-0.25, -0.2) is 0 Å². The van der Waals surface area contributed by atoms with E-state index in [0.717, 1.165) is 25.0 Å². The van der Waals surface area contributed by atoms with Gasteiger partial charge in [-0.15, -0.1) is 0 Å². The summed E-state index contributed by atoms with van der Waals surface area (Å²) in [6.07, 6.45) is 6.61. The summed E-state index contributed by atoms with van der Waals surface area (Å²) in [4.78, 5) is 4.33. The highest BCUT2D eigenvalue weighted by atomic mass is 19.4. The second-order valence-corrected chi connectivity index (χ2v) is 6.31. The fourth-order valence-electron chi connectivity index (χ4n) is 2.81. The van der Waals surface area contributed by atoms with Gasteiger partial charge in [0.15, 0.2) is 0 Å². The number of unbranched alkanes of at least 4 members (excludes halogenated alkanes) is 7. The van der Waals surface area contributed by atoms with E-state index in [-0.39, 0.29) is 11.4 Å². The molecule has 3 nitrogen and oxygen atoms in total. The molecule has 0 unspecified atom stereocenters. The average molecular weight is 354 g/mol. The molecule has 0 fully saturated rings. The van der Waals surface area contributed by atoms with E-state index in [2.05, 4.69) is 21.6 Å². The van der Waals surface area contributed by atoms with Gasteiger partial charge in [-0.2, -0.15) is 13.2 Å². The molecule has 2 aromatic rings. The van der Waals surface area contributed by atoms with Crippen molar-refractivity contribution in [2.45, 2.75) is 70.9 Å². The Morgan fingerprint density at radius 1 is 0.960 bits per heavy atom. The van der Waals surface area contributed by atoms with Crippen LogP contribution in [0.15, 0.2) is 29.0 Å². The number of rotatable bonds is 10. The summed E-state index contributed by atoms with van der Waals surface area (Å²) in [5, 5.41) is 3.48. The highest BCUT2D eigenvalue weighted by Crippen LogP contribution is 2.35. The first-order valence-corrected chi connectivity index (χ1v) is 9.00. The Balaban J connectivity index is 1.85. The van der Waals surface area contributed by atoms with E-state index >= 15 is 0 Å². The zero-order valence-corrected chi connectivity index (χ0v) is 14.6. The molecular weight excluding hydrogens is 329 g/mol. The topological polar surface area (TPSA) is 38.9 Å². The Morgan fingerprint density at radius 3 is 2.32 bits per heavy atom. The zero-order valence-electron chi connectivity index (χ0n) is 14.6. The van der Waals surface area contributed by atoms with E-state index in [1.54, 1.807) is 6.07 Å². The standard InChI is InChI=1S/C19H25F3N2O/c1-2-3-4-5-6-7-8-9-11-15-12-10-13-17(23-15)18-16(14-25-24-18)19(20,21)22/h10,12-14H,2-9,11H2,1H3. The van der Waals surface area contributed by atoms with E-state index in [0.29, 0.717) is 6.26 Å². The maximum atomic E-state index is 12.9. The third-order valence-corrected chi connectivity index (χ3v) is 4.21. The van der Waals surface area contributed by atoms with Gasteiger partial charge >= 0.3 is 6.18 Å². The van der Waals surface area contributed by atoms with Crippen LogP contribution < -0.4 is 0 Å². The van der Waals surface area contributed by atoms with Crippen LogP contribution in [-0.4, -0.2) is 10.1 Å². The van der Waals surface area contributed by atoms with Crippen molar-refractivity contribution in [2.75, 3.05) is 0 Å². The maximum absolute atomic E-state index is 12.9. The van der Waals surface area contributed by atoms with Gasteiger partial charge in [0, 0.05) is 5.69 Å². The molecule has 25 heavy (non-hydrogen) atoms. The molecule has 0 spiro atoms. The fourth-order valence-corrected chi connectivity index (χ4v) is 2.81. The molecule has 0 N–H and O–H groups in total. The van der Waals surface area contributed by atoms with Gasteiger partial charge in [0.2, 0.25) is 0 Å². The maximum Gasteiger partial charge on any atom is 0.421 e. The molecule has 0 aliphatic heterocycles. The minimum absolute atomic E-state index is 0.207. The van der Waals surface area contributed by atoms with Crippen molar-refractivity contribution in [3.8, 4) is 11.4 Å². The second kappa shape index (κ2) is 9.59. The number of pyridine rings is 1. The minimum atomic E-state index is -4.50. The molecule has 0 radical (unpaired) electrons. The summed E-state index contributed by atoms with van der Waals surface area (Å²) in [6.45, 7) is 2.21. The summed E-state index contributed by atoms with van der Waals surface area (Å²) < 4.78 is 43.3. The number of halogens is 3. The predicted octanol–water partition coefficient (Wildman–Crippen LogP) is 6.44. The highest BCUT2D eigenvalue weighted by Gasteiger charge is 2.37. The number of hydrogen-bond donors (Lipinski definition) is 0. The van der Waals surface area contributed by atoms with Gasteiger partial charge in [0.25, 0.3) is 0 Å². The smallest absolute Gasteiger partial charge is 0.363 e. The number of alkyl halides is 3. The molecule has 2 rings (SSSR count). The number of aromatic nitrogens is 2. The van der Waals surface area contributed by atoms with Gasteiger partial charge in [0.05, 0.1) is 5.69 Å². The summed E-state index contributed by atoms with van der Waals surface area (Å²) in [6, 6.07) is 5.10. The van der Waals surface area contributed by atoms with E-state index in [1.807, 2.05) is 6.07 Å². The third kappa shape index (κ3) is 6.18. The summed E-state index contributed by atoms with van der Waals surface area (Å²) in [5.74, 6) is 0. The van der Waals surface area contributed by atoms with Crippen LogP contribution in [0.3, 0.4) is 0 Å². The van der Waals surface area contributed by atoms with Gasteiger partial charge in [-0.05, 0) is 25.0 Å². The van der Waals surface area contributed by atoms with Crippen LogP contribution in [0.2, 0.25) is 0 Å². The van der Waals surface area contributed by atoms with Crippen LogP contribution in [0.4, 0.5) is 13.2 Å². The summed E-state index contributed by atoms with van der Waals surface area (Å²) in [5.41, 5.74) is -0.132. The van der Waals surface area contributed by atoms with Crippen LogP contribution in [-0.2, 0) is 12.6 Å². The first-order valence-electron chi connectivity index (χ1n) is 9.00. The van der Waals surface area contributed by atoms with Crippen LogP contribution in [0.25, 0.3) is 11.4 Å². The number of hydrogen-bond acceptors (Lipinski definition) is 3. The molecule has 2 aromatic heterocycles. The van der Waals surface area contributed by atoms with E-state index < -0.39 is 11.7 Å². The van der Waals surface area contributed by atoms with Crippen molar-refractivity contribution in [1.82, 2.24) is 10.1 Å². The summed E-state index contributed by atoms with van der Waals surface area (Å²) in [7, 11) is 0. The Morgan fingerprint density at radius 2 is 1.64 bits per heavy atom. The third-order valence-electron chi connectivity index (χ3n) is 4.21. The van der Waals surface area contributed by atoms with Gasteiger partial charge < -0.3 is 4.52 Å². The Hall–Kier alpha value is -1.85. The predicted molar refractivity (Wildman–Crippen MR) is 91.1 cm³/mol. The molecule has 2 heterocycles. The number of nitrogens with zero attached hydrogens (tertiary/aromatic N) is 2. The largest absolute Gasteiger partial charge is 0.421 e.